The molecular formula is C15H20BrNO5. The number of halogens is 1. The summed E-state index contributed by atoms with van der Waals surface area (Å²) in [5.41, 5.74) is 0.259. The summed E-state index contributed by atoms with van der Waals surface area (Å²) in [7, 11) is 2.95. The van der Waals surface area contributed by atoms with Crippen LogP contribution in [0.25, 0.3) is 0 Å². The molecule has 1 rings (SSSR count). The van der Waals surface area contributed by atoms with Gasteiger partial charge in [-0.3, -0.25) is 4.79 Å². The van der Waals surface area contributed by atoms with Crippen LogP contribution in [0.2, 0.25) is 0 Å². The molecule has 0 aliphatic carbocycles. The van der Waals surface area contributed by atoms with Gasteiger partial charge in [0.15, 0.2) is 17.3 Å². The summed E-state index contributed by atoms with van der Waals surface area (Å²) in [5.74, 6) is 0.715. The second-order valence-corrected chi connectivity index (χ2v) is 4.86. The van der Waals surface area contributed by atoms with Crippen molar-refractivity contribution in [2.45, 2.75) is 13.8 Å². The van der Waals surface area contributed by atoms with Crippen molar-refractivity contribution in [1.82, 2.24) is 4.90 Å². The molecule has 122 valence electrons. The van der Waals surface area contributed by atoms with E-state index in [0.717, 1.165) is 0 Å². The van der Waals surface area contributed by atoms with Crippen LogP contribution in [0.15, 0.2) is 12.1 Å². The molecule has 0 radical (unpaired) electrons. The van der Waals surface area contributed by atoms with Gasteiger partial charge in [0.05, 0.1) is 25.1 Å². The lowest BCUT2D eigenvalue weighted by atomic mass is 10.1. The average molecular weight is 374 g/mol. The number of rotatable bonds is 7. The summed E-state index contributed by atoms with van der Waals surface area (Å²) in [6, 6.07) is 2.99. The quantitative estimate of drug-likeness (QED) is 0.542. The fourth-order valence-corrected chi connectivity index (χ4v) is 2.18. The second-order valence-electron chi connectivity index (χ2n) is 4.30. The number of amides is 1. The Balaban J connectivity index is 3.25. The van der Waals surface area contributed by atoms with Gasteiger partial charge in [-0.25, -0.2) is 4.79 Å². The molecule has 1 aromatic carbocycles. The van der Waals surface area contributed by atoms with Crippen LogP contribution in [0.1, 0.15) is 24.2 Å². The number of nitrogens with zero attached hydrogens (tertiary/aromatic N) is 1. The zero-order valence-electron chi connectivity index (χ0n) is 13.1. The van der Waals surface area contributed by atoms with Crippen LogP contribution in [0, 0.1) is 0 Å². The fraction of sp³-hybridized carbons (Fsp3) is 0.467. The topological polar surface area (TPSA) is 65.1 Å². The van der Waals surface area contributed by atoms with Crippen molar-refractivity contribution in [3.63, 3.8) is 0 Å². The zero-order valence-corrected chi connectivity index (χ0v) is 14.7. The summed E-state index contributed by atoms with van der Waals surface area (Å²) < 4.78 is 15.7. The van der Waals surface area contributed by atoms with Gasteiger partial charge in [0.2, 0.25) is 0 Å². The van der Waals surface area contributed by atoms with E-state index < -0.39 is 6.09 Å². The number of carbonyl (C=O) groups excluding carboxylic acids is 2. The Hall–Kier alpha value is -1.76. The smallest absolute Gasteiger partial charge is 0.415 e. The van der Waals surface area contributed by atoms with E-state index in [4.69, 9.17) is 14.2 Å². The molecule has 22 heavy (non-hydrogen) atoms. The van der Waals surface area contributed by atoms with Crippen molar-refractivity contribution in [3.8, 4) is 17.2 Å². The minimum absolute atomic E-state index is 0.109. The Kier molecular flexibility index (Phi) is 7.17. The SMILES string of the molecule is CCN(CC)C(=O)Oc1cc(OC)c(OC)cc1C(=O)CBr. The first-order valence-corrected chi connectivity index (χ1v) is 7.96. The number of Topliss-reactive ketones (excluding diaryl/α,β-unsaturated/α-hetero) is 1. The lowest BCUT2D eigenvalue weighted by Crippen LogP contribution is -2.33. The minimum atomic E-state index is -0.513. The molecule has 0 saturated heterocycles. The molecule has 1 aromatic rings. The standard InChI is InChI=1S/C15H20BrNO5/c1-5-17(6-2)15(19)22-12-8-14(21-4)13(20-3)7-10(12)11(18)9-16/h7-8H,5-6,9H2,1-4H3. The predicted molar refractivity (Wildman–Crippen MR) is 86.6 cm³/mol. The zero-order chi connectivity index (χ0) is 16.7. The largest absolute Gasteiger partial charge is 0.493 e. The fourth-order valence-electron chi connectivity index (χ4n) is 1.88. The molecule has 0 unspecified atom stereocenters. The van der Waals surface area contributed by atoms with E-state index in [9.17, 15) is 9.59 Å². The number of ether oxygens (including phenoxy) is 3. The van der Waals surface area contributed by atoms with Gasteiger partial charge in [0.1, 0.15) is 5.75 Å². The summed E-state index contributed by atoms with van der Waals surface area (Å²) in [6.45, 7) is 4.74. The number of alkyl halides is 1. The van der Waals surface area contributed by atoms with Crippen LogP contribution in [-0.2, 0) is 0 Å². The first kappa shape index (κ1) is 18.3. The number of hydrogen-bond donors (Lipinski definition) is 0. The molecular weight excluding hydrogens is 354 g/mol. The van der Waals surface area contributed by atoms with Gasteiger partial charge in [-0.05, 0) is 19.9 Å². The molecule has 0 aliphatic heterocycles. The first-order chi connectivity index (χ1) is 10.5. The third-order valence-corrected chi connectivity index (χ3v) is 3.64. The molecule has 0 spiro atoms. The van der Waals surface area contributed by atoms with E-state index in [1.807, 2.05) is 13.8 Å². The normalized spacial score (nSPS) is 10.0. The van der Waals surface area contributed by atoms with Gasteiger partial charge in [0, 0.05) is 19.2 Å². The van der Waals surface area contributed by atoms with Crippen LogP contribution in [0.3, 0.4) is 0 Å². The Morgan fingerprint density at radius 1 is 1.05 bits per heavy atom. The monoisotopic (exact) mass is 373 g/mol. The van der Waals surface area contributed by atoms with E-state index in [2.05, 4.69) is 15.9 Å². The molecule has 7 heteroatoms. The summed E-state index contributed by atoms with van der Waals surface area (Å²) in [5, 5.41) is 0.109. The summed E-state index contributed by atoms with van der Waals surface area (Å²) in [4.78, 5) is 25.7. The van der Waals surface area contributed by atoms with Gasteiger partial charge in [-0.2, -0.15) is 0 Å². The number of carbonyl (C=O) groups is 2. The maximum Gasteiger partial charge on any atom is 0.415 e. The van der Waals surface area contributed by atoms with E-state index >= 15 is 0 Å². The Morgan fingerprint density at radius 3 is 2.05 bits per heavy atom. The third kappa shape index (κ3) is 4.13. The highest BCUT2D eigenvalue weighted by atomic mass is 79.9. The first-order valence-electron chi connectivity index (χ1n) is 6.84. The van der Waals surface area contributed by atoms with Crippen molar-refractivity contribution in [1.29, 1.82) is 0 Å². The van der Waals surface area contributed by atoms with Crippen LogP contribution in [0.5, 0.6) is 17.2 Å². The summed E-state index contributed by atoms with van der Waals surface area (Å²) >= 11 is 3.12. The van der Waals surface area contributed by atoms with Gasteiger partial charge in [-0.1, -0.05) is 15.9 Å². The van der Waals surface area contributed by atoms with Crippen molar-refractivity contribution in [2.75, 3.05) is 32.6 Å². The van der Waals surface area contributed by atoms with E-state index in [1.54, 1.807) is 0 Å². The molecule has 0 bridgehead atoms. The molecule has 0 atom stereocenters. The van der Waals surface area contributed by atoms with Gasteiger partial charge >= 0.3 is 6.09 Å². The molecule has 0 heterocycles. The molecule has 0 N–H and O–H groups in total. The second kappa shape index (κ2) is 8.63. The highest BCUT2D eigenvalue weighted by molar-refractivity contribution is 9.09. The van der Waals surface area contributed by atoms with E-state index in [0.29, 0.717) is 24.6 Å². The van der Waals surface area contributed by atoms with Crippen LogP contribution in [0.4, 0.5) is 4.79 Å². The van der Waals surface area contributed by atoms with Crippen molar-refractivity contribution < 1.29 is 23.8 Å². The molecule has 6 nitrogen and oxygen atoms in total. The Morgan fingerprint density at radius 2 is 1.59 bits per heavy atom. The Labute approximate surface area is 138 Å². The lowest BCUT2D eigenvalue weighted by Gasteiger charge is -2.19. The number of benzene rings is 1. The maximum absolute atomic E-state index is 12.1. The van der Waals surface area contributed by atoms with Gasteiger partial charge in [-0.15, -0.1) is 0 Å². The predicted octanol–water partition coefficient (Wildman–Crippen LogP) is 3.12. The maximum atomic E-state index is 12.1. The van der Waals surface area contributed by atoms with E-state index in [-0.39, 0.29) is 22.4 Å². The molecule has 0 aromatic heterocycles. The molecule has 1 amide bonds. The van der Waals surface area contributed by atoms with Gasteiger partial charge in [0.25, 0.3) is 0 Å². The lowest BCUT2D eigenvalue weighted by molar-refractivity contribution is 0.101. The van der Waals surface area contributed by atoms with Crippen LogP contribution < -0.4 is 14.2 Å². The van der Waals surface area contributed by atoms with Crippen molar-refractivity contribution in [2.24, 2.45) is 0 Å². The number of methoxy groups -OCH3 is 2. The van der Waals surface area contributed by atoms with Gasteiger partial charge < -0.3 is 19.1 Å². The Bertz CT molecular complexity index is 543. The van der Waals surface area contributed by atoms with Crippen LogP contribution >= 0.6 is 15.9 Å². The molecule has 0 aliphatic rings. The van der Waals surface area contributed by atoms with E-state index in [1.165, 1.54) is 31.3 Å². The van der Waals surface area contributed by atoms with Crippen molar-refractivity contribution in [3.05, 3.63) is 17.7 Å². The number of hydrogen-bond acceptors (Lipinski definition) is 5. The molecule has 0 saturated carbocycles. The average Bonchev–Trinajstić information content (AvgIpc) is 2.54. The number of ketones is 1. The summed E-state index contributed by atoms with van der Waals surface area (Å²) in [6.07, 6.45) is -0.513. The highest BCUT2D eigenvalue weighted by Gasteiger charge is 2.21. The minimum Gasteiger partial charge on any atom is -0.493 e. The van der Waals surface area contributed by atoms with Crippen molar-refractivity contribution >= 4 is 27.8 Å². The van der Waals surface area contributed by atoms with Crippen LogP contribution in [-0.4, -0.2) is 49.4 Å². The third-order valence-electron chi connectivity index (χ3n) is 3.13. The highest BCUT2D eigenvalue weighted by Crippen LogP contribution is 2.35. The molecule has 0 fully saturated rings.